The highest BCUT2D eigenvalue weighted by Gasteiger charge is 2.14. The minimum absolute atomic E-state index is 0.204. The summed E-state index contributed by atoms with van der Waals surface area (Å²) < 4.78 is 6.21. The highest BCUT2D eigenvalue weighted by atomic mass is 79.9. The summed E-state index contributed by atoms with van der Waals surface area (Å²) in [6.07, 6.45) is 0. The molecule has 0 unspecified atom stereocenters. The maximum atomic E-state index is 12.5. The normalized spacial score (nSPS) is 10.2. The Kier molecular flexibility index (Phi) is 6.23. The monoisotopic (exact) mass is 410 g/mol. The lowest BCUT2D eigenvalue weighted by atomic mass is 10.1. The molecule has 0 spiro atoms. The molecule has 2 rings (SSSR count). The van der Waals surface area contributed by atoms with Gasteiger partial charge in [-0.1, -0.05) is 17.7 Å². The van der Waals surface area contributed by atoms with Crippen LogP contribution in [0, 0.1) is 0 Å². The fourth-order valence-electron chi connectivity index (χ4n) is 2.08. The molecule has 0 heterocycles. The molecule has 0 radical (unpaired) electrons. The summed E-state index contributed by atoms with van der Waals surface area (Å²) in [6.45, 7) is 3.70. The molecule has 0 saturated heterocycles. The minimum atomic E-state index is -0.336. The van der Waals surface area contributed by atoms with Crippen LogP contribution in [0.3, 0.4) is 0 Å². The Morgan fingerprint density at radius 2 is 1.96 bits per heavy atom. The first-order valence-electron chi connectivity index (χ1n) is 7.21. The summed E-state index contributed by atoms with van der Waals surface area (Å²) in [5.74, 6) is -0.0319. The second-order valence-electron chi connectivity index (χ2n) is 4.91. The van der Waals surface area contributed by atoms with Crippen LogP contribution < -0.4 is 15.4 Å². The van der Waals surface area contributed by atoms with Crippen LogP contribution in [0.2, 0.25) is 5.02 Å². The number of hydrogen-bond acceptors (Lipinski definition) is 3. The Hall–Kier alpha value is -2.05. The number of anilines is 2. The minimum Gasteiger partial charge on any atom is -0.491 e. The Balaban J connectivity index is 2.28. The van der Waals surface area contributed by atoms with Gasteiger partial charge in [0.1, 0.15) is 0 Å². The molecule has 2 N–H and O–H groups in total. The van der Waals surface area contributed by atoms with Gasteiger partial charge < -0.3 is 15.4 Å². The summed E-state index contributed by atoms with van der Waals surface area (Å²) in [5.41, 5.74) is 1.42. The van der Waals surface area contributed by atoms with Crippen LogP contribution in [0.25, 0.3) is 0 Å². The number of rotatable bonds is 5. The molecule has 7 heteroatoms. The third-order valence-corrected chi connectivity index (χ3v) is 3.80. The molecule has 126 valence electrons. The molecule has 0 aliphatic carbocycles. The number of carbonyl (C=O) groups is 2. The average Bonchev–Trinajstić information content (AvgIpc) is 2.50. The largest absolute Gasteiger partial charge is 0.491 e. The van der Waals surface area contributed by atoms with Crippen molar-refractivity contribution in [2.45, 2.75) is 13.8 Å². The predicted molar refractivity (Wildman–Crippen MR) is 99.0 cm³/mol. The SMILES string of the molecule is CCOc1c(Br)cc(Cl)cc1NC(=O)c1cccc(NC(C)=O)c1. The van der Waals surface area contributed by atoms with E-state index in [9.17, 15) is 9.59 Å². The molecule has 2 aromatic rings. The number of carbonyl (C=O) groups excluding carboxylic acids is 2. The lowest BCUT2D eigenvalue weighted by Crippen LogP contribution is -2.14. The maximum absolute atomic E-state index is 12.5. The van der Waals surface area contributed by atoms with Crippen LogP contribution >= 0.6 is 27.5 Å². The zero-order chi connectivity index (χ0) is 17.7. The molecular formula is C17H16BrClN2O3. The van der Waals surface area contributed by atoms with E-state index in [4.69, 9.17) is 16.3 Å². The topological polar surface area (TPSA) is 67.4 Å². The molecule has 5 nitrogen and oxygen atoms in total. The van der Waals surface area contributed by atoms with Crippen molar-refractivity contribution in [2.75, 3.05) is 17.2 Å². The van der Waals surface area contributed by atoms with E-state index in [0.29, 0.717) is 38.8 Å². The van der Waals surface area contributed by atoms with E-state index in [1.165, 1.54) is 6.92 Å². The van der Waals surface area contributed by atoms with Crippen molar-refractivity contribution in [2.24, 2.45) is 0 Å². The lowest BCUT2D eigenvalue weighted by Gasteiger charge is -2.14. The third kappa shape index (κ3) is 4.72. The Morgan fingerprint density at radius 1 is 1.21 bits per heavy atom. The number of nitrogens with one attached hydrogen (secondary N) is 2. The fraction of sp³-hybridized carbons (Fsp3) is 0.176. The first kappa shape index (κ1) is 18.3. The van der Waals surface area contributed by atoms with Crippen LogP contribution in [0.1, 0.15) is 24.2 Å². The van der Waals surface area contributed by atoms with Gasteiger partial charge >= 0.3 is 0 Å². The van der Waals surface area contributed by atoms with E-state index in [1.54, 1.807) is 36.4 Å². The van der Waals surface area contributed by atoms with Gasteiger partial charge in [0.25, 0.3) is 5.91 Å². The quantitative estimate of drug-likeness (QED) is 0.748. The fourth-order valence-corrected chi connectivity index (χ4v) is 3.00. The Bertz CT molecular complexity index is 780. The van der Waals surface area contributed by atoms with Gasteiger partial charge in [0.2, 0.25) is 5.91 Å². The number of hydrogen-bond donors (Lipinski definition) is 2. The number of benzene rings is 2. The van der Waals surface area contributed by atoms with Gasteiger partial charge in [0.05, 0.1) is 16.8 Å². The van der Waals surface area contributed by atoms with Crippen molar-refractivity contribution in [3.8, 4) is 5.75 Å². The Labute approximate surface area is 153 Å². The highest BCUT2D eigenvalue weighted by Crippen LogP contribution is 2.36. The van der Waals surface area contributed by atoms with Gasteiger partial charge in [-0.25, -0.2) is 0 Å². The number of ether oxygens (including phenoxy) is 1. The van der Waals surface area contributed by atoms with E-state index < -0.39 is 0 Å². The van der Waals surface area contributed by atoms with Gasteiger partial charge in [-0.05, 0) is 53.2 Å². The average molecular weight is 412 g/mol. The van der Waals surface area contributed by atoms with Crippen molar-refractivity contribution in [3.05, 3.63) is 51.5 Å². The summed E-state index contributed by atoms with van der Waals surface area (Å²) in [5, 5.41) is 5.89. The summed E-state index contributed by atoms with van der Waals surface area (Å²) in [6, 6.07) is 9.96. The molecule has 0 fully saturated rings. The molecule has 0 aliphatic heterocycles. The number of amides is 2. The van der Waals surface area contributed by atoms with Crippen LogP contribution in [0.15, 0.2) is 40.9 Å². The molecule has 0 saturated carbocycles. The van der Waals surface area contributed by atoms with Crippen LogP contribution in [0.4, 0.5) is 11.4 Å². The van der Waals surface area contributed by atoms with Crippen LogP contribution in [-0.2, 0) is 4.79 Å². The molecule has 0 aromatic heterocycles. The van der Waals surface area contributed by atoms with Crippen LogP contribution in [0.5, 0.6) is 5.75 Å². The molecule has 2 amide bonds. The molecule has 0 bridgehead atoms. The predicted octanol–water partition coefficient (Wildman–Crippen LogP) is 4.71. The molecule has 24 heavy (non-hydrogen) atoms. The van der Waals surface area contributed by atoms with Crippen molar-refractivity contribution in [1.82, 2.24) is 0 Å². The van der Waals surface area contributed by atoms with Gasteiger partial charge in [-0.2, -0.15) is 0 Å². The lowest BCUT2D eigenvalue weighted by molar-refractivity contribution is -0.114. The number of halogens is 2. The summed E-state index contributed by atoms with van der Waals surface area (Å²) in [4.78, 5) is 23.6. The van der Waals surface area contributed by atoms with Crippen LogP contribution in [-0.4, -0.2) is 18.4 Å². The smallest absolute Gasteiger partial charge is 0.255 e. The standard InChI is InChI=1S/C17H16BrClN2O3/c1-3-24-16-14(18)8-12(19)9-15(16)21-17(23)11-5-4-6-13(7-11)20-10(2)22/h4-9H,3H2,1-2H3,(H,20,22)(H,21,23). The van der Waals surface area contributed by atoms with Crippen molar-refractivity contribution in [1.29, 1.82) is 0 Å². The second kappa shape index (κ2) is 8.17. The van der Waals surface area contributed by atoms with Crippen molar-refractivity contribution in [3.63, 3.8) is 0 Å². The Morgan fingerprint density at radius 3 is 2.62 bits per heavy atom. The van der Waals surface area contributed by atoms with Gasteiger partial charge in [-0.15, -0.1) is 0 Å². The van der Waals surface area contributed by atoms with Gasteiger partial charge in [-0.3, -0.25) is 9.59 Å². The molecule has 2 aromatic carbocycles. The first-order valence-corrected chi connectivity index (χ1v) is 8.38. The second-order valence-corrected chi connectivity index (χ2v) is 6.20. The van der Waals surface area contributed by atoms with Gasteiger partial charge in [0, 0.05) is 23.2 Å². The van der Waals surface area contributed by atoms with Crippen molar-refractivity contribution >= 4 is 50.7 Å². The third-order valence-electron chi connectivity index (χ3n) is 2.99. The molecule has 0 atom stereocenters. The van der Waals surface area contributed by atoms with Gasteiger partial charge in [0.15, 0.2) is 5.75 Å². The van der Waals surface area contributed by atoms with E-state index in [2.05, 4.69) is 26.6 Å². The van der Waals surface area contributed by atoms with E-state index in [1.807, 2.05) is 6.92 Å². The van der Waals surface area contributed by atoms with E-state index in [-0.39, 0.29) is 11.8 Å². The summed E-state index contributed by atoms with van der Waals surface area (Å²) >= 11 is 9.43. The summed E-state index contributed by atoms with van der Waals surface area (Å²) in [7, 11) is 0. The van der Waals surface area contributed by atoms with E-state index in [0.717, 1.165) is 0 Å². The van der Waals surface area contributed by atoms with Crippen molar-refractivity contribution < 1.29 is 14.3 Å². The molecule has 0 aliphatic rings. The van der Waals surface area contributed by atoms with E-state index >= 15 is 0 Å². The first-order chi connectivity index (χ1) is 11.4. The maximum Gasteiger partial charge on any atom is 0.255 e. The zero-order valence-corrected chi connectivity index (χ0v) is 15.5. The highest BCUT2D eigenvalue weighted by molar-refractivity contribution is 9.10. The molecular weight excluding hydrogens is 396 g/mol. The zero-order valence-electron chi connectivity index (χ0n) is 13.2.